The third-order valence-electron chi connectivity index (χ3n) is 5.72. The molecule has 180 valence electrons. The maximum atomic E-state index is 13.9. The van der Waals surface area contributed by atoms with Gasteiger partial charge in [0.1, 0.15) is 10.7 Å². The van der Waals surface area contributed by atoms with E-state index in [0.717, 1.165) is 45.3 Å². The van der Waals surface area contributed by atoms with Crippen molar-refractivity contribution in [3.05, 3.63) is 30.1 Å². The maximum absolute atomic E-state index is 13.9. The van der Waals surface area contributed by atoms with Crippen molar-refractivity contribution in [3.63, 3.8) is 0 Å². The van der Waals surface area contributed by atoms with Gasteiger partial charge in [-0.2, -0.15) is 0 Å². The van der Waals surface area contributed by atoms with Crippen LogP contribution in [0.2, 0.25) is 0 Å². The Bertz CT molecular complexity index is 850. The summed E-state index contributed by atoms with van der Waals surface area (Å²) in [6.45, 7) is 4.37. The Labute approximate surface area is 188 Å². The number of aliphatic hydroxyl groups is 1. The maximum Gasteiger partial charge on any atom is 0.243 e. The number of hydrogen-bond donors (Lipinski definition) is 3. The number of aliphatic hydroxyl groups excluding tert-OH is 1. The van der Waals surface area contributed by atoms with Gasteiger partial charge in [-0.15, -0.1) is 0 Å². The van der Waals surface area contributed by atoms with Crippen LogP contribution in [0.3, 0.4) is 0 Å². The number of amides is 1. The molecule has 0 saturated carbocycles. The zero-order chi connectivity index (χ0) is 23.0. The van der Waals surface area contributed by atoms with E-state index in [9.17, 15) is 22.7 Å². The monoisotopic (exact) mass is 473 g/mol. The summed E-state index contributed by atoms with van der Waals surface area (Å²) in [5.74, 6) is -0.987. The van der Waals surface area contributed by atoms with E-state index in [4.69, 9.17) is 9.47 Å². The minimum Gasteiger partial charge on any atom is -0.394 e. The molecule has 2 saturated heterocycles. The van der Waals surface area contributed by atoms with Crippen LogP contribution in [0.15, 0.2) is 29.2 Å². The number of nitrogens with one attached hydrogen (secondary N) is 2. The summed E-state index contributed by atoms with van der Waals surface area (Å²) in [7, 11) is -4.11. The van der Waals surface area contributed by atoms with Crippen LogP contribution in [0.5, 0.6) is 0 Å². The number of morpholine rings is 1. The molecule has 11 heteroatoms. The van der Waals surface area contributed by atoms with E-state index in [0.29, 0.717) is 19.4 Å². The van der Waals surface area contributed by atoms with E-state index < -0.39 is 45.6 Å². The van der Waals surface area contributed by atoms with Gasteiger partial charge in [0.05, 0.1) is 44.5 Å². The number of sulfonamides is 1. The first kappa shape index (κ1) is 25.0. The van der Waals surface area contributed by atoms with E-state index in [-0.39, 0.29) is 12.3 Å². The molecule has 2 heterocycles. The van der Waals surface area contributed by atoms with Gasteiger partial charge in [0.25, 0.3) is 0 Å². The zero-order valence-electron chi connectivity index (χ0n) is 18.0. The summed E-state index contributed by atoms with van der Waals surface area (Å²) < 4.78 is 52.5. The van der Waals surface area contributed by atoms with Crippen molar-refractivity contribution in [3.8, 4) is 0 Å². The highest BCUT2D eigenvalue weighted by Crippen LogP contribution is 2.24. The minimum absolute atomic E-state index is 0.140. The smallest absolute Gasteiger partial charge is 0.243 e. The third-order valence-corrected chi connectivity index (χ3v) is 7.24. The van der Waals surface area contributed by atoms with Crippen molar-refractivity contribution in [1.82, 2.24) is 14.9 Å². The molecular formula is C21H32FN3O6S. The van der Waals surface area contributed by atoms with Crippen molar-refractivity contribution >= 4 is 15.9 Å². The number of carbonyl (C=O) groups is 1. The predicted octanol–water partition coefficient (Wildman–Crippen LogP) is 0.241. The second kappa shape index (κ2) is 12.0. The zero-order valence-corrected chi connectivity index (χ0v) is 18.9. The fourth-order valence-electron chi connectivity index (χ4n) is 3.98. The summed E-state index contributed by atoms with van der Waals surface area (Å²) in [6.07, 6.45) is 0.567. The number of rotatable bonds is 10. The largest absolute Gasteiger partial charge is 0.394 e. The number of nitrogens with zero attached hydrogens (tertiary/aromatic N) is 1. The number of ether oxygens (including phenoxy) is 2. The first-order valence-corrected chi connectivity index (χ1v) is 12.5. The van der Waals surface area contributed by atoms with Gasteiger partial charge in [-0.1, -0.05) is 12.1 Å². The average molecular weight is 474 g/mol. The van der Waals surface area contributed by atoms with Crippen LogP contribution < -0.4 is 10.0 Å². The van der Waals surface area contributed by atoms with Gasteiger partial charge < -0.3 is 19.9 Å². The first-order valence-electron chi connectivity index (χ1n) is 11.0. The van der Waals surface area contributed by atoms with Gasteiger partial charge in [0, 0.05) is 19.6 Å². The van der Waals surface area contributed by atoms with E-state index in [1.54, 1.807) is 0 Å². The molecule has 1 aromatic carbocycles. The number of carbonyl (C=O) groups excluding carboxylic acids is 1. The summed E-state index contributed by atoms with van der Waals surface area (Å²) in [5, 5.41) is 12.6. The van der Waals surface area contributed by atoms with Gasteiger partial charge in [-0.3, -0.25) is 9.69 Å². The Morgan fingerprint density at radius 2 is 1.97 bits per heavy atom. The highest BCUT2D eigenvalue weighted by Gasteiger charge is 2.35. The van der Waals surface area contributed by atoms with Crippen LogP contribution in [0, 0.1) is 5.82 Å². The van der Waals surface area contributed by atoms with Crippen molar-refractivity contribution < 1.29 is 32.2 Å². The molecule has 0 aliphatic carbocycles. The topological polar surface area (TPSA) is 117 Å². The standard InChI is InChI=1S/C21H32FN3O6S/c22-17-4-1-2-5-20(17)32(28,29)24-18-7-6-16(31-19(18)15-26)14-21(27)23-8-3-9-25-10-12-30-13-11-25/h1-2,4-5,16,18-19,24,26H,3,6-15H2,(H,23,27)/t16-,18-,19+/m1/s1. The second-order valence-corrected chi connectivity index (χ2v) is 9.76. The van der Waals surface area contributed by atoms with Crippen molar-refractivity contribution in [1.29, 1.82) is 0 Å². The SMILES string of the molecule is O=C(C[C@H]1CC[C@@H](NS(=O)(=O)c2ccccc2F)[C@H](CO)O1)NCCCN1CCOCC1. The van der Waals surface area contributed by atoms with Crippen LogP contribution in [-0.2, 0) is 24.3 Å². The molecule has 2 aliphatic heterocycles. The highest BCUT2D eigenvalue weighted by molar-refractivity contribution is 7.89. The van der Waals surface area contributed by atoms with E-state index >= 15 is 0 Å². The minimum atomic E-state index is -4.11. The Kier molecular flexibility index (Phi) is 9.38. The molecule has 0 spiro atoms. The molecule has 3 atom stereocenters. The average Bonchev–Trinajstić information content (AvgIpc) is 2.78. The van der Waals surface area contributed by atoms with Gasteiger partial charge in [-0.05, 0) is 37.9 Å². The van der Waals surface area contributed by atoms with Gasteiger partial charge >= 0.3 is 0 Å². The highest BCUT2D eigenvalue weighted by atomic mass is 32.2. The lowest BCUT2D eigenvalue weighted by molar-refractivity contribution is -0.130. The van der Waals surface area contributed by atoms with Gasteiger partial charge in [0.2, 0.25) is 15.9 Å². The summed E-state index contributed by atoms with van der Waals surface area (Å²) >= 11 is 0. The molecule has 3 rings (SSSR count). The second-order valence-electron chi connectivity index (χ2n) is 8.08. The molecule has 3 N–H and O–H groups in total. The molecule has 0 bridgehead atoms. The lowest BCUT2D eigenvalue weighted by Crippen LogP contribution is -2.51. The Morgan fingerprint density at radius 3 is 2.69 bits per heavy atom. The van der Waals surface area contributed by atoms with Crippen LogP contribution in [0.4, 0.5) is 4.39 Å². The van der Waals surface area contributed by atoms with E-state index in [2.05, 4.69) is 14.9 Å². The third kappa shape index (κ3) is 7.19. The molecule has 1 aromatic rings. The van der Waals surface area contributed by atoms with Gasteiger partial charge in [0.15, 0.2) is 0 Å². The van der Waals surface area contributed by atoms with Gasteiger partial charge in [-0.25, -0.2) is 17.5 Å². The lowest BCUT2D eigenvalue weighted by Gasteiger charge is -2.35. The molecule has 0 unspecified atom stereocenters. The molecule has 2 fully saturated rings. The predicted molar refractivity (Wildman–Crippen MR) is 115 cm³/mol. The number of benzene rings is 1. The lowest BCUT2D eigenvalue weighted by atomic mass is 9.98. The van der Waals surface area contributed by atoms with Crippen LogP contribution >= 0.6 is 0 Å². The van der Waals surface area contributed by atoms with Crippen molar-refractivity contribution in [2.45, 2.75) is 48.8 Å². The van der Waals surface area contributed by atoms with Crippen LogP contribution in [-0.4, -0.2) is 88.6 Å². The Hall–Kier alpha value is -1.63. The number of halogens is 1. The summed E-state index contributed by atoms with van der Waals surface area (Å²) in [4.78, 5) is 14.1. The quantitative estimate of drug-likeness (QED) is 0.417. The first-order chi connectivity index (χ1) is 15.4. The summed E-state index contributed by atoms with van der Waals surface area (Å²) in [6, 6.07) is 4.39. The molecule has 9 nitrogen and oxygen atoms in total. The molecule has 1 amide bonds. The van der Waals surface area contributed by atoms with E-state index in [1.807, 2.05) is 0 Å². The molecule has 0 aromatic heterocycles. The molecule has 32 heavy (non-hydrogen) atoms. The molecular weight excluding hydrogens is 441 g/mol. The fraction of sp³-hybridized carbons (Fsp3) is 0.667. The van der Waals surface area contributed by atoms with Crippen LogP contribution in [0.1, 0.15) is 25.7 Å². The van der Waals surface area contributed by atoms with Crippen molar-refractivity contribution in [2.24, 2.45) is 0 Å². The molecule has 0 radical (unpaired) electrons. The normalized spacial score (nSPS) is 24.9. The van der Waals surface area contributed by atoms with Crippen LogP contribution in [0.25, 0.3) is 0 Å². The Balaban J connectivity index is 1.42. The fourth-order valence-corrected chi connectivity index (χ4v) is 5.35. The number of hydrogen-bond acceptors (Lipinski definition) is 7. The Morgan fingerprint density at radius 1 is 1.22 bits per heavy atom. The van der Waals surface area contributed by atoms with Crippen molar-refractivity contribution in [2.75, 3.05) is 46.0 Å². The molecule has 2 aliphatic rings. The van der Waals surface area contributed by atoms with E-state index in [1.165, 1.54) is 18.2 Å². The summed E-state index contributed by atoms with van der Waals surface area (Å²) in [5.41, 5.74) is 0.